The summed E-state index contributed by atoms with van der Waals surface area (Å²) in [5.74, 6) is 0. The zero-order valence-corrected chi connectivity index (χ0v) is 13.2. The quantitative estimate of drug-likeness (QED) is 0.661. The maximum atomic E-state index is 5.99. The van der Waals surface area contributed by atoms with Crippen LogP contribution in [-0.4, -0.2) is 11.0 Å². The lowest BCUT2D eigenvalue weighted by atomic mass is 10.1. The zero-order valence-electron chi connectivity index (χ0n) is 11.6. The maximum Gasteiger partial charge on any atom is 0.183 e. The maximum absolute atomic E-state index is 5.99. The van der Waals surface area contributed by atoms with Crippen LogP contribution in [0.1, 0.15) is 46.0 Å². The van der Waals surface area contributed by atoms with Crippen molar-refractivity contribution < 1.29 is 0 Å². The molecule has 19 heavy (non-hydrogen) atoms. The standard InChI is InChI=1S/C15H21ClN2S/c1-3-4-5-6-7-11(2)17-15-18-13-9-8-12(16)10-14(13)19-15/h8-11H,3-7H2,1-2H3,(H,17,18). The lowest BCUT2D eigenvalue weighted by molar-refractivity contribution is 0.594. The molecule has 4 heteroatoms. The second kappa shape index (κ2) is 7.11. The van der Waals surface area contributed by atoms with Gasteiger partial charge in [0.25, 0.3) is 0 Å². The summed E-state index contributed by atoms with van der Waals surface area (Å²) >= 11 is 7.67. The third-order valence-corrected chi connectivity index (χ3v) is 4.40. The molecular formula is C15H21ClN2S. The Bertz CT molecular complexity index is 524. The van der Waals surface area contributed by atoms with E-state index in [4.69, 9.17) is 11.6 Å². The molecule has 0 bridgehead atoms. The van der Waals surface area contributed by atoms with Gasteiger partial charge in [-0.2, -0.15) is 0 Å². The molecule has 1 N–H and O–H groups in total. The third kappa shape index (κ3) is 4.36. The summed E-state index contributed by atoms with van der Waals surface area (Å²) in [5, 5.41) is 5.27. The van der Waals surface area contributed by atoms with Gasteiger partial charge in [-0.15, -0.1) is 0 Å². The molecule has 2 aromatic rings. The van der Waals surface area contributed by atoms with Gasteiger partial charge in [0.05, 0.1) is 10.2 Å². The highest BCUT2D eigenvalue weighted by molar-refractivity contribution is 7.22. The monoisotopic (exact) mass is 296 g/mol. The van der Waals surface area contributed by atoms with Gasteiger partial charge in [0.1, 0.15) is 0 Å². The van der Waals surface area contributed by atoms with Crippen molar-refractivity contribution in [3.05, 3.63) is 23.2 Å². The average Bonchev–Trinajstić information content (AvgIpc) is 2.76. The molecule has 0 saturated heterocycles. The van der Waals surface area contributed by atoms with Crippen LogP contribution in [0.3, 0.4) is 0 Å². The number of fused-ring (bicyclic) bond motifs is 1. The van der Waals surface area contributed by atoms with Crippen molar-refractivity contribution in [1.29, 1.82) is 0 Å². The van der Waals surface area contributed by atoms with Gasteiger partial charge in [-0.3, -0.25) is 0 Å². The van der Waals surface area contributed by atoms with Gasteiger partial charge in [-0.05, 0) is 31.5 Å². The Morgan fingerprint density at radius 2 is 2.16 bits per heavy atom. The van der Waals surface area contributed by atoms with Crippen LogP contribution in [0.5, 0.6) is 0 Å². The van der Waals surface area contributed by atoms with E-state index in [1.165, 1.54) is 32.1 Å². The van der Waals surface area contributed by atoms with Crippen molar-refractivity contribution in [1.82, 2.24) is 4.98 Å². The Kier molecular flexibility index (Phi) is 5.46. The molecule has 0 aliphatic heterocycles. The van der Waals surface area contributed by atoms with E-state index >= 15 is 0 Å². The number of benzene rings is 1. The Morgan fingerprint density at radius 3 is 2.95 bits per heavy atom. The predicted octanol–water partition coefficient (Wildman–Crippen LogP) is 5.72. The molecule has 0 spiro atoms. The first-order chi connectivity index (χ1) is 9.19. The van der Waals surface area contributed by atoms with Crippen LogP contribution >= 0.6 is 22.9 Å². The summed E-state index contributed by atoms with van der Waals surface area (Å²) in [6, 6.07) is 6.33. The van der Waals surface area contributed by atoms with E-state index in [1.54, 1.807) is 11.3 Å². The van der Waals surface area contributed by atoms with Crippen LogP contribution in [0, 0.1) is 0 Å². The molecule has 0 fully saturated rings. The number of nitrogens with one attached hydrogen (secondary N) is 1. The van der Waals surface area contributed by atoms with E-state index in [0.717, 1.165) is 20.4 Å². The summed E-state index contributed by atoms with van der Waals surface area (Å²) in [4.78, 5) is 4.59. The Morgan fingerprint density at radius 1 is 1.32 bits per heavy atom. The number of unbranched alkanes of at least 4 members (excludes halogenated alkanes) is 3. The highest BCUT2D eigenvalue weighted by Crippen LogP contribution is 2.28. The van der Waals surface area contributed by atoms with E-state index in [0.29, 0.717) is 6.04 Å². The smallest absolute Gasteiger partial charge is 0.183 e. The number of aromatic nitrogens is 1. The van der Waals surface area contributed by atoms with Crippen LogP contribution in [0.4, 0.5) is 5.13 Å². The minimum atomic E-state index is 0.480. The molecular weight excluding hydrogens is 276 g/mol. The zero-order chi connectivity index (χ0) is 13.7. The summed E-state index contributed by atoms with van der Waals surface area (Å²) in [6.45, 7) is 4.47. The van der Waals surface area contributed by atoms with Crippen LogP contribution < -0.4 is 5.32 Å². The van der Waals surface area contributed by atoms with E-state index in [1.807, 2.05) is 18.2 Å². The SMILES string of the molecule is CCCCCCC(C)Nc1nc2ccc(Cl)cc2s1. The van der Waals surface area contributed by atoms with Crippen LogP contribution in [0.15, 0.2) is 18.2 Å². The lowest BCUT2D eigenvalue weighted by Gasteiger charge is -2.12. The highest BCUT2D eigenvalue weighted by Gasteiger charge is 2.07. The normalized spacial score (nSPS) is 12.8. The van der Waals surface area contributed by atoms with E-state index < -0.39 is 0 Å². The van der Waals surface area contributed by atoms with Gasteiger partial charge in [0.2, 0.25) is 0 Å². The first-order valence-corrected chi connectivity index (χ1v) is 8.21. The molecule has 1 unspecified atom stereocenters. The van der Waals surface area contributed by atoms with Gasteiger partial charge in [-0.1, -0.05) is 55.5 Å². The molecule has 104 valence electrons. The second-order valence-electron chi connectivity index (χ2n) is 5.03. The summed E-state index contributed by atoms with van der Waals surface area (Å²) in [7, 11) is 0. The number of nitrogens with zero attached hydrogens (tertiary/aromatic N) is 1. The number of thiazole rings is 1. The van der Waals surface area contributed by atoms with Gasteiger partial charge < -0.3 is 5.32 Å². The molecule has 0 amide bonds. The first kappa shape index (κ1) is 14.6. The largest absolute Gasteiger partial charge is 0.359 e. The van der Waals surface area contributed by atoms with Crippen LogP contribution in [0.25, 0.3) is 10.2 Å². The summed E-state index contributed by atoms with van der Waals surface area (Å²) in [5.41, 5.74) is 1.02. The molecule has 0 aliphatic rings. The number of rotatable bonds is 7. The second-order valence-corrected chi connectivity index (χ2v) is 6.49. The minimum Gasteiger partial charge on any atom is -0.359 e. The molecule has 1 aromatic carbocycles. The fraction of sp³-hybridized carbons (Fsp3) is 0.533. The first-order valence-electron chi connectivity index (χ1n) is 7.01. The van der Waals surface area contributed by atoms with Crippen molar-refractivity contribution >= 4 is 38.3 Å². The van der Waals surface area contributed by atoms with Crippen molar-refractivity contribution in [2.45, 2.75) is 52.0 Å². The van der Waals surface area contributed by atoms with Crippen LogP contribution in [0.2, 0.25) is 5.02 Å². The van der Waals surface area contributed by atoms with Crippen molar-refractivity contribution in [3.63, 3.8) is 0 Å². The molecule has 0 saturated carbocycles. The number of anilines is 1. The van der Waals surface area contributed by atoms with E-state index in [2.05, 4.69) is 24.1 Å². The van der Waals surface area contributed by atoms with E-state index in [9.17, 15) is 0 Å². The predicted molar refractivity (Wildman–Crippen MR) is 86.5 cm³/mol. The Labute approximate surface area is 124 Å². The molecule has 0 radical (unpaired) electrons. The van der Waals surface area contributed by atoms with E-state index in [-0.39, 0.29) is 0 Å². The number of halogens is 1. The van der Waals surface area contributed by atoms with Crippen molar-refractivity contribution in [2.24, 2.45) is 0 Å². The molecule has 1 heterocycles. The molecule has 1 aromatic heterocycles. The third-order valence-electron chi connectivity index (χ3n) is 3.21. The lowest BCUT2D eigenvalue weighted by Crippen LogP contribution is -2.14. The van der Waals surface area contributed by atoms with Crippen molar-refractivity contribution in [3.8, 4) is 0 Å². The fourth-order valence-corrected chi connectivity index (χ4v) is 3.37. The Balaban J connectivity index is 1.89. The number of hydrogen-bond acceptors (Lipinski definition) is 3. The molecule has 1 atom stereocenters. The Hall–Kier alpha value is -0.800. The molecule has 2 rings (SSSR count). The highest BCUT2D eigenvalue weighted by atomic mass is 35.5. The summed E-state index contributed by atoms with van der Waals surface area (Å²) in [6.07, 6.45) is 6.46. The topological polar surface area (TPSA) is 24.9 Å². The van der Waals surface area contributed by atoms with Crippen molar-refractivity contribution in [2.75, 3.05) is 5.32 Å². The number of hydrogen-bond donors (Lipinski definition) is 1. The molecule has 0 aliphatic carbocycles. The van der Waals surface area contributed by atoms with Crippen LogP contribution in [-0.2, 0) is 0 Å². The van der Waals surface area contributed by atoms with Gasteiger partial charge >= 0.3 is 0 Å². The fourth-order valence-electron chi connectivity index (χ4n) is 2.12. The van der Waals surface area contributed by atoms with Gasteiger partial charge in [-0.25, -0.2) is 4.98 Å². The average molecular weight is 297 g/mol. The molecule has 2 nitrogen and oxygen atoms in total. The minimum absolute atomic E-state index is 0.480. The van der Waals surface area contributed by atoms with Gasteiger partial charge in [0, 0.05) is 11.1 Å². The summed E-state index contributed by atoms with van der Waals surface area (Å²) < 4.78 is 1.15. The van der Waals surface area contributed by atoms with Gasteiger partial charge in [0.15, 0.2) is 5.13 Å².